The van der Waals surface area contributed by atoms with Gasteiger partial charge in [-0.15, -0.1) is 0 Å². The number of alkyl halides is 3. The summed E-state index contributed by atoms with van der Waals surface area (Å²) >= 11 is 0. The molecule has 1 saturated heterocycles. The molecular formula is C34H47F4N7O4. The maximum atomic E-state index is 15.7. The molecule has 2 aliphatic carbocycles. The molecule has 2 heterocycles. The third-order valence-electron chi connectivity index (χ3n) is 10.1. The average molecular weight is 694 g/mol. The van der Waals surface area contributed by atoms with Gasteiger partial charge in [-0.25, -0.2) is 4.39 Å². The third-order valence-corrected chi connectivity index (χ3v) is 10.1. The number of likely N-dealkylation sites (N-methyl/N-ethyl adjacent to an activating group) is 1. The van der Waals surface area contributed by atoms with Crippen molar-refractivity contribution in [2.24, 2.45) is 17.8 Å². The largest absolute Gasteiger partial charge is 0.408 e. The molecule has 4 N–H and O–H groups in total. The highest BCUT2D eigenvalue weighted by Crippen LogP contribution is 2.51. The number of hydrogen-bond donors (Lipinski definition) is 4. The van der Waals surface area contributed by atoms with E-state index in [0.717, 1.165) is 31.9 Å². The molecule has 1 aromatic heterocycles. The van der Waals surface area contributed by atoms with Gasteiger partial charge in [0, 0.05) is 44.2 Å². The Balaban J connectivity index is 1.34. The number of amides is 3. The normalized spacial score (nSPS) is 21.3. The summed E-state index contributed by atoms with van der Waals surface area (Å²) in [6, 6.07) is 3.68. The summed E-state index contributed by atoms with van der Waals surface area (Å²) in [6.45, 7) is 5.73. The summed E-state index contributed by atoms with van der Waals surface area (Å²) in [4.78, 5) is 43.9. The highest BCUT2D eigenvalue weighted by Gasteiger charge is 2.48. The second-order valence-corrected chi connectivity index (χ2v) is 13.9. The lowest BCUT2D eigenvalue weighted by molar-refractivity contribution is -0.144. The fraction of sp³-hybridized carbons (Fsp3) is 0.647. The molecule has 1 aliphatic heterocycles. The smallest absolute Gasteiger partial charge is 0.373 e. The summed E-state index contributed by atoms with van der Waals surface area (Å²) in [7, 11) is 1.99. The molecule has 0 bridgehead atoms. The first kappa shape index (κ1) is 36.7. The van der Waals surface area contributed by atoms with E-state index in [4.69, 9.17) is 0 Å². The predicted molar refractivity (Wildman–Crippen MR) is 173 cm³/mol. The van der Waals surface area contributed by atoms with Crippen molar-refractivity contribution >= 4 is 23.4 Å². The van der Waals surface area contributed by atoms with Crippen LogP contribution in [0.25, 0.3) is 0 Å². The number of benzene rings is 1. The van der Waals surface area contributed by atoms with Gasteiger partial charge in [0.1, 0.15) is 24.6 Å². The van der Waals surface area contributed by atoms with Crippen LogP contribution < -0.4 is 16.0 Å². The Morgan fingerprint density at radius 2 is 1.73 bits per heavy atom. The van der Waals surface area contributed by atoms with Crippen LogP contribution in [-0.2, 0) is 20.9 Å². The zero-order valence-electron chi connectivity index (χ0n) is 28.3. The molecule has 49 heavy (non-hydrogen) atoms. The molecule has 1 aromatic carbocycles. The number of carbonyl (C=O) groups is 3. The highest BCUT2D eigenvalue weighted by molar-refractivity contribution is 5.95. The SMILES string of the molecule is CCC(=O)N[C@@H](C(=O)N1CCN(C)[C@H](C)C1)[C@@H](C)c1ccc(NC(=O)[C@@H](NC(O)c2ccnn2CC(F)(F)F)C(C2CC2)C2CC2)c(F)c1. The van der Waals surface area contributed by atoms with E-state index < -0.39 is 48.7 Å². The third kappa shape index (κ3) is 9.17. The van der Waals surface area contributed by atoms with Crippen molar-refractivity contribution in [2.45, 2.75) is 95.9 Å². The molecule has 2 aromatic rings. The Hall–Kier alpha value is -3.56. The minimum atomic E-state index is -4.57. The number of halogens is 4. The molecule has 3 amide bonds. The molecule has 0 radical (unpaired) electrons. The topological polar surface area (TPSA) is 132 Å². The van der Waals surface area contributed by atoms with E-state index in [2.05, 4.69) is 25.9 Å². The highest BCUT2D eigenvalue weighted by atomic mass is 19.4. The standard InChI is InChI=1S/C34H47F4N7O4/c1-5-27(46)41-29(33(49)44-15-14-43(4)19(2)17-44)20(3)23-10-11-25(24(35)16-23)40-32(48)30(28(21-6-7-21)22-8-9-22)42-31(47)26-12-13-39-45(26)18-34(36,37)38/h10-13,16,19-22,28-31,42,47H,5-9,14-15,17-18H2,1-4H3,(H,40,48)(H,41,46)/t19-,20+,29-,30+,31?/m1/s1. The van der Waals surface area contributed by atoms with Gasteiger partial charge in [-0.3, -0.25) is 24.4 Å². The number of aromatic nitrogens is 2. The van der Waals surface area contributed by atoms with E-state index in [1.165, 1.54) is 18.2 Å². The minimum absolute atomic E-state index is 0.122. The number of anilines is 1. The van der Waals surface area contributed by atoms with Crippen molar-refractivity contribution in [2.75, 3.05) is 32.0 Å². The van der Waals surface area contributed by atoms with E-state index in [1.54, 1.807) is 24.8 Å². The zero-order valence-corrected chi connectivity index (χ0v) is 28.3. The monoisotopic (exact) mass is 693 g/mol. The van der Waals surface area contributed by atoms with Gasteiger partial charge in [0.25, 0.3) is 0 Å². The number of rotatable bonds is 14. The molecular weight excluding hydrogens is 646 g/mol. The molecule has 0 spiro atoms. The van der Waals surface area contributed by atoms with Crippen molar-refractivity contribution in [1.29, 1.82) is 0 Å². The van der Waals surface area contributed by atoms with Crippen molar-refractivity contribution in [1.82, 2.24) is 30.2 Å². The minimum Gasteiger partial charge on any atom is -0.373 e. The molecule has 11 nitrogen and oxygen atoms in total. The van der Waals surface area contributed by atoms with E-state index in [9.17, 15) is 32.7 Å². The van der Waals surface area contributed by atoms with Crippen molar-refractivity contribution in [3.63, 3.8) is 0 Å². The lowest BCUT2D eigenvalue weighted by Crippen LogP contribution is -2.58. The first-order valence-corrected chi connectivity index (χ1v) is 17.1. The molecule has 2 saturated carbocycles. The van der Waals surface area contributed by atoms with Gasteiger partial charge in [0.2, 0.25) is 17.7 Å². The summed E-state index contributed by atoms with van der Waals surface area (Å²) in [5.74, 6) is -2.31. The molecule has 15 heteroatoms. The van der Waals surface area contributed by atoms with Crippen LogP contribution in [0.1, 0.15) is 76.3 Å². The van der Waals surface area contributed by atoms with Crippen LogP contribution in [0.4, 0.5) is 23.2 Å². The summed E-state index contributed by atoms with van der Waals surface area (Å²) < 4.78 is 55.8. The number of hydrogen-bond acceptors (Lipinski definition) is 7. The molecule has 1 unspecified atom stereocenters. The van der Waals surface area contributed by atoms with E-state index in [1.807, 2.05) is 14.0 Å². The van der Waals surface area contributed by atoms with Crippen molar-refractivity contribution in [3.8, 4) is 0 Å². The van der Waals surface area contributed by atoms with Gasteiger partial charge in [-0.05, 0) is 81.2 Å². The van der Waals surface area contributed by atoms with Gasteiger partial charge in [-0.1, -0.05) is 19.9 Å². The van der Waals surface area contributed by atoms with Crippen LogP contribution in [0.5, 0.6) is 0 Å². The van der Waals surface area contributed by atoms with Crippen molar-refractivity contribution < 1.29 is 37.1 Å². The zero-order chi connectivity index (χ0) is 35.6. The summed E-state index contributed by atoms with van der Waals surface area (Å²) in [6.07, 6.45) is -1.34. The molecule has 5 atom stereocenters. The Bertz CT molecular complexity index is 1480. The number of piperazine rings is 1. The van der Waals surface area contributed by atoms with Gasteiger partial charge in [-0.2, -0.15) is 18.3 Å². The maximum absolute atomic E-state index is 15.7. The quantitative estimate of drug-likeness (QED) is 0.175. The lowest BCUT2D eigenvalue weighted by Gasteiger charge is -2.40. The number of nitrogens with one attached hydrogen (secondary N) is 3. The fourth-order valence-corrected chi connectivity index (χ4v) is 6.83. The Kier molecular flexibility index (Phi) is 11.3. The van der Waals surface area contributed by atoms with Crippen LogP contribution >= 0.6 is 0 Å². The second-order valence-electron chi connectivity index (χ2n) is 13.9. The first-order valence-electron chi connectivity index (χ1n) is 17.1. The fourth-order valence-electron chi connectivity index (χ4n) is 6.83. The van der Waals surface area contributed by atoms with E-state index >= 15 is 4.39 Å². The van der Waals surface area contributed by atoms with Gasteiger partial charge >= 0.3 is 6.18 Å². The maximum Gasteiger partial charge on any atom is 0.408 e. The lowest BCUT2D eigenvalue weighted by atomic mass is 9.88. The van der Waals surface area contributed by atoms with Crippen LogP contribution in [0.2, 0.25) is 0 Å². The molecule has 3 aliphatic rings. The Labute approximate surface area is 283 Å². The molecule has 3 fully saturated rings. The van der Waals surface area contributed by atoms with Crippen LogP contribution in [0.15, 0.2) is 30.5 Å². The van der Waals surface area contributed by atoms with Gasteiger partial charge in [0.15, 0.2) is 0 Å². The van der Waals surface area contributed by atoms with Crippen LogP contribution in [0, 0.1) is 23.6 Å². The Morgan fingerprint density at radius 3 is 2.31 bits per heavy atom. The second kappa shape index (κ2) is 15.1. The van der Waals surface area contributed by atoms with E-state index in [0.29, 0.717) is 29.9 Å². The average Bonchev–Trinajstić information content (AvgIpc) is 4.00. The number of aliphatic hydroxyl groups is 1. The number of nitrogens with zero attached hydrogens (tertiary/aromatic N) is 4. The van der Waals surface area contributed by atoms with Crippen LogP contribution in [0.3, 0.4) is 0 Å². The van der Waals surface area contributed by atoms with E-state index in [-0.39, 0.29) is 53.4 Å². The van der Waals surface area contributed by atoms with Crippen LogP contribution in [-0.4, -0.2) is 93.4 Å². The summed E-state index contributed by atoms with van der Waals surface area (Å²) in [5, 5.41) is 23.0. The first-order chi connectivity index (χ1) is 23.2. The summed E-state index contributed by atoms with van der Waals surface area (Å²) in [5.41, 5.74) is 0.183. The number of aliphatic hydroxyl groups excluding tert-OH is 1. The number of carbonyl (C=O) groups excluding carboxylic acids is 3. The molecule has 270 valence electrons. The van der Waals surface area contributed by atoms with Crippen molar-refractivity contribution in [3.05, 3.63) is 47.5 Å². The van der Waals surface area contributed by atoms with Gasteiger partial charge in [0.05, 0.1) is 17.4 Å². The molecule has 5 rings (SSSR count). The Morgan fingerprint density at radius 1 is 1.06 bits per heavy atom. The predicted octanol–water partition coefficient (Wildman–Crippen LogP) is 3.77. The van der Waals surface area contributed by atoms with Gasteiger partial charge < -0.3 is 25.5 Å².